The average Bonchev–Trinajstić information content (AvgIpc) is 2.46. The van der Waals surface area contributed by atoms with Gasteiger partial charge in [0.15, 0.2) is 0 Å². The third-order valence-corrected chi connectivity index (χ3v) is 3.67. The lowest BCUT2D eigenvalue weighted by Crippen LogP contribution is -2.51. The Bertz CT molecular complexity index is 516. The van der Waals surface area contributed by atoms with Crippen molar-refractivity contribution in [1.82, 2.24) is 9.80 Å². The third-order valence-electron chi connectivity index (χ3n) is 3.67. The molecule has 1 atom stereocenters. The first-order chi connectivity index (χ1) is 9.60. The summed E-state index contributed by atoms with van der Waals surface area (Å²) in [4.78, 5) is 16.1. The second-order valence-electron chi connectivity index (χ2n) is 5.07. The lowest BCUT2D eigenvalue weighted by Gasteiger charge is -2.36. The van der Waals surface area contributed by atoms with Crippen molar-refractivity contribution in [3.63, 3.8) is 0 Å². The van der Waals surface area contributed by atoms with E-state index in [2.05, 4.69) is 11.0 Å². The average molecular weight is 273 g/mol. The zero-order valence-corrected chi connectivity index (χ0v) is 11.6. The SMILES string of the molecule is CC(C#N)N1CCN(C(=O)Cc2cccc(O)c2)CC1. The molecular formula is C15H19N3O2. The van der Waals surface area contributed by atoms with Crippen molar-refractivity contribution in [2.45, 2.75) is 19.4 Å². The van der Waals surface area contributed by atoms with Gasteiger partial charge in [-0.2, -0.15) is 5.26 Å². The van der Waals surface area contributed by atoms with E-state index in [0.717, 1.165) is 18.7 Å². The van der Waals surface area contributed by atoms with Crippen LogP contribution in [0.5, 0.6) is 5.75 Å². The summed E-state index contributed by atoms with van der Waals surface area (Å²) in [5.41, 5.74) is 0.822. The molecule has 1 heterocycles. The molecule has 0 bridgehead atoms. The van der Waals surface area contributed by atoms with Crippen LogP contribution in [0.3, 0.4) is 0 Å². The van der Waals surface area contributed by atoms with Gasteiger partial charge in [-0.05, 0) is 24.6 Å². The van der Waals surface area contributed by atoms with Crippen LogP contribution in [0.25, 0.3) is 0 Å². The molecule has 1 N–H and O–H groups in total. The minimum absolute atomic E-state index is 0.0693. The van der Waals surface area contributed by atoms with Crippen molar-refractivity contribution in [2.24, 2.45) is 0 Å². The van der Waals surface area contributed by atoms with Crippen molar-refractivity contribution >= 4 is 5.91 Å². The molecule has 0 aliphatic carbocycles. The molecule has 1 aliphatic heterocycles. The predicted molar refractivity (Wildman–Crippen MR) is 75.0 cm³/mol. The molecular weight excluding hydrogens is 254 g/mol. The number of phenols is 1. The number of rotatable bonds is 3. The highest BCUT2D eigenvalue weighted by Gasteiger charge is 2.23. The van der Waals surface area contributed by atoms with Gasteiger partial charge in [0, 0.05) is 26.2 Å². The summed E-state index contributed by atoms with van der Waals surface area (Å²) >= 11 is 0. The van der Waals surface area contributed by atoms with Gasteiger partial charge in [0.1, 0.15) is 5.75 Å². The highest BCUT2D eigenvalue weighted by Crippen LogP contribution is 2.13. The van der Waals surface area contributed by atoms with Crippen molar-refractivity contribution in [3.8, 4) is 11.8 Å². The largest absolute Gasteiger partial charge is 0.508 e. The van der Waals surface area contributed by atoms with E-state index < -0.39 is 0 Å². The van der Waals surface area contributed by atoms with E-state index in [1.54, 1.807) is 18.2 Å². The van der Waals surface area contributed by atoms with Crippen LogP contribution in [-0.4, -0.2) is 53.0 Å². The molecule has 106 valence electrons. The Labute approximate surface area is 119 Å². The van der Waals surface area contributed by atoms with Crippen molar-refractivity contribution < 1.29 is 9.90 Å². The van der Waals surface area contributed by atoms with E-state index in [9.17, 15) is 9.90 Å². The molecule has 0 spiro atoms. The molecule has 1 aliphatic rings. The lowest BCUT2D eigenvalue weighted by atomic mass is 10.1. The van der Waals surface area contributed by atoms with Gasteiger partial charge >= 0.3 is 0 Å². The number of amides is 1. The maximum atomic E-state index is 12.2. The topological polar surface area (TPSA) is 67.6 Å². The third kappa shape index (κ3) is 3.49. The number of carbonyl (C=O) groups is 1. The van der Waals surface area contributed by atoms with Crippen LogP contribution in [0, 0.1) is 11.3 Å². The van der Waals surface area contributed by atoms with E-state index in [-0.39, 0.29) is 17.7 Å². The Hall–Kier alpha value is -2.06. The maximum Gasteiger partial charge on any atom is 0.227 e. The van der Waals surface area contributed by atoms with Crippen molar-refractivity contribution in [1.29, 1.82) is 5.26 Å². The van der Waals surface area contributed by atoms with Gasteiger partial charge in [0.2, 0.25) is 5.91 Å². The number of nitrogens with zero attached hydrogens (tertiary/aromatic N) is 3. The van der Waals surface area contributed by atoms with E-state index in [4.69, 9.17) is 5.26 Å². The molecule has 1 aromatic rings. The molecule has 1 unspecified atom stereocenters. The monoisotopic (exact) mass is 273 g/mol. The Morgan fingerprint density at radius 3 is 2.70 bits per heavy atom. The smallest absolute Gasteiger partial charge is 0.227 e. The molecule has 20 heavy (non-hydrogen) atoms. The van der Waals surface area contributed by atoms with Gasteiger partial charge in [-0.1, -0.05) is 12.1 Å². The van der Waals surface area contributed by atoms with Gasteiger partial charge < -0.3 is 10.0 Å². The zero-order chi connectivity index (χ0) is 14.5. The molecule has 1 amide bonds. The van der Waals surface area contributed by atoms with E-state index >= 15 is 0 Å². The molecule has 0 saturated carbocycles. The molecule has 2 rings (SSSR count). The number of hydrogen-bond acceptors (Lipinski definition) is 4. The normalized spacial score (nSPS) is 17.5. The van der Waals surface area contributed by atoms with Crippen molar-refractivity contribution in [2.75, 3.05) is 26.2 Å². The molecule has 1 saturated heterocycles. The Balaban J connectivity index is 1.88. The van der Waals surface area contributed by atoms with Gasteiger partial charge in [-0.25, -0.2) is 0 Å². The highest BCUT2D eigenvalue weighted by molar-refractivity contribution is 5.79. The Kier molecular flexibility index (Phi) is 4.59. The first-order valence-corrected chi connectivity index (χ1v) is 6.79. The van der Waals surface area contributed by atoms with Crippen LogP contribution in [0.2, 0.25) is 0 Å². The fraction of sp³-hybridized carbons (Fsp3) is 0.467. The van der Waals surface area contributed by atoms with E-state index in [1.807, 2.05) is 17.9 Å². The fourth-order valence-electron chi connectivity index (χ4n) is 2.39. The summed E-state index contributed by atoms with van der Waals surface area (Å²) in [6.45, 7) is 4.67. The van der Waals surface area contributed by atoms with Gasteiger partial charge in [-0.3, -0.25) is 9.69 Å². The Morgan fingerprint density at radius 2 is 2.10 bits per heavy atom. The number of phenolic OH excluding ortho intramolecular Hbond substituents is 1. The van der Waals surface area contributed by atoms with Crippen LogP contribution in [0.15, 0.2) is 24.3 Å². The zero-order valence-electron chi connectivity index (χ0n) is 11.6. The number of hydrogen-bond donors (Lipinski definition) is 1. The standard InChI is InChI=1S/C15H19N3O2/c1-12(11-16)17-5-7-18(8-6-17)15(20)10-13-3-2-4-14(19)9-13/h2-4,9,12,19H,5-8,10H2,1H3. The first kappa shape index (κ1) is 14.4. The minimum Gasteiger partial charge on any atom is -0.508 e. The van der Waals surface area contributed by atoms with Crippen LogP contribution < -0.4 is 0 Å². The number of piperazine rings is 1. The summed E-state index contributed by atoms with van der Waals surface area (Å²) in [6, 6.07) is 8.91. The summed E-state index contributed by atoms with van der Waals surface area (Å²) < 4.78 is 0. The predicted octanol–water partition coefficient (Wildman–Crippen LogP) is 0.991. The van der Waals surface area contributed by atoms with E-state index in [0.29, 0.717) is 19.5 Å². The van der Waals surface area contributed by atoms with Crippen LogP contribution in [0.4, 0.5) is 0 Å². The highest BCUT2D eigenvalue weighted by atomic mass is 16.3. The number of carbonyl (C=O) groups excluding carboxylic acids is 1. The Morgan fingerprint density at radius 1 is 1.40 bits per heavy atom. The van der Waals surface area contributed by atoms with Crippen LogP contribution >= 0.6 is 0 Å². The second kappa shape index (κ2) is 6.40. The molecule has 0 radical (unpaired) electrons. The number of benzene rings is 1. The summed E-state index contributed by atoms with van der Waals surface area (Å²) in [6.07, 6.45) is 0.308. The number of aromatic hydroxyl groups is 1. The minimum atomic E-state index is -0.0988. The molecule has 1 aromatic carbocycles. The molecule has 1 fully saturated rings. The lowest BCUT2D eigenvalue weighted by molar-refractivity contribution is -0.132. The fourth-order valence-corrected chi connectivity index (χ4v) is 2.39. The van der Waals surface area contributed by atoms with E-state index in [1.165, 1.54) is 0 Å². The molecule has 0 aromatic heterocycles. The number of nitriles is 1. The van der Waals surface area contributed by atoms with Crippen LogP contribution in [-0.2, 0) is 11.2 Å². The second-order valence-corrected chi connectivity index (χ2v) is 5.07. The summed E-state index contributed by atoms with van der Waals surface area (Å²) in [5.74, 6) is 0.253. The quantitative estimate of drug-likeness (QED) is 0.892. The van der Waals surface area contributed by atoms with Gasteiger partial charge in [-0.15, -0.1) is 0 Å². The van der Waals surface area contributed by atoms with Crippen molar-refractivity contribution in [3.05, 3.63) is 29.8 Å². The maximum absolute atomic E-state index is 12.2. The van der Waals surface area contributed by atoms with Crippen LogP contribution in [0.1, 0.15) is 12.5 Å². The van der Waals surface area contributed by atoms with Gasteiger partial charge in [0.25, 0.3) is 0 Å². The molecule has 5 nitrogen and oxygen atoms in total. The first-order valence-electron chi connectivity index (χ1n) is 6.79. The summed E-state index contributed by atoms with van der Waals surface area (Å²) in [5, 5.41) is 18.3. The molecule has 5 heteroatoms. The summed E-state index contributed by atoms with van der Waals surface area (Å²) in [7, 11) is 0. The van der Waals surface area contributed by atoms with Gasteiger partial charge in [0.05, 0.1) is 18.5 Å².